The molecule has 0 spiro atoms. The Morgan fingerprint density at radius 3 is 2.31 bits per heavy atom. The van der Waals surface area contributed by atoms with E-state index in [1.807, 2.05) is 0 Å². The summed E-state index contributed by atoms with van der Waals surface area (Å²) in [7, 11) is 1.48. The predicted molar refractivity (Wildman–Crippen MR) is 126 cm³/mol. The summed E-state index contributed by atoms with van der Waals surface area (Å²) >= 11 is 18.6. The number of carbonyl (C=O) groups is 1. The second kappa shape index (κ2) is 10.4. The lowest BCUT2D eigenvalue weighted by atomic mass is 10.0. The zero-order valence-corrected chi connectivity index (χ0v) is 19.0. The molecular weight excluding hydrogens is 473 g/mol. The molecular formula is C24H16Cl3NO4. The fraction of sp³-hybridized carbons (Fsp3) is 0.0833. The molecule has 0 radical (unpaired) electrons. The van der Waals surface area contributed by atoms with Gasteiger partial charge in [-0.25, -0.2) is 4.79 Å². The molecule has 0 amide bonds. The van der Waals surface area contributed by atoms with Crippen LogP contribution in [0.3, 0.4) is 0 Å². The largest absolute Gasteiger partial charge is 0.493 e. The minimum absolute atomic E-state index is 0.137. The van der Waals surface area contributed by atoms with E-state index in [1.54, 1.807) is 48.5 Å². The third kappa shape index (κ3) is 5.54. The van der Waals surface area contributed by atoms with Crippen molar-refractivity contribution in [3.05, 3.63) is 91.9 Å². The number of hydrogen-bond donors (Lipinski definition) is 1. The molecule has 0 aliphatic heterocycles. The van der Waals surface area contributed by atoms with Crippen molar-refractivity contribution < 1.29 is 19.4 Å². The van der Waals surface area contributed by atoms with Crippen LogP contribution in [0.15, 0.2) is 54.6 Å². The molecule has 0 aliphatic carbocycles. The second-order valence-electron chi connectivity index (χ2n) is 6.61. The van der Waals surface area contributed by atoms with Gasteiger partial charge in [0.15, 0.2) is 11.5 Å². The maximum absolute atomic E-state index is 11.0. The van der Waals surface area contributed by atoms with Gasteiger partial charge in [0.25, 0.3) is 0 Å². The van der Waals surface area contributed by atoms with Crippen molar-refractivity contribution in [3.63, 3.8) is 0 Å². The van der Waals surface area contributed by atoms with Gasteiger partial charge in [-0.2, -0.15) is 5.26 Å². The molecule has 32 heavy (non-hydrogen) atoms. The summed E-state index contributed by atoms with van der Waals surface area (Å²) < 4.78 is 11.3. The number of carboxylic acid groups (broad SMARTS) is 1. The number of methoxy groups -OCH3 is 1. The normalized spacial score (nSPS) is 11.0. The molecule has 0 saturated heterocycles. The Labute approximate surface area is 200 Å². The highest BCUT2D eigenvalue weighted by molar-refractivity contribution is 6.35. The number of benzene rings is 3. The Morgan fingerprint density at radius 1 is 1.03 bits per heavy atom. The molecule has 0 bridgehead atoms. The summed E-state index contributed by atoms with van der Waals surface area (Å²) in [5.41, 5.74) is 2.39. The second-order valence-corrected chi connectivity index (χ2v) is 7.86. The van der Waals surface area contributed by atoms with Crippen LogP contribution in [0.1, 0.15) is 27.0 Å². The van der Waals surface area contributed by atoms with Crippen molar-refractivity contribution in [3.8, 4) is 17.6 Å². The van der Waals surface area contributed by atoms with Gasteiger partial charge in [0.2, 0.25) is 0 Å². The van der Waals surface area contributed by atoms with Crippen LogP contribution in [0, 0.1) is 11.3 Å². The Bertz CT molecular complexity index is 1230. The fourth-order valence-corrected chi connectivity index (χ4v) is 3.63. The van der Waals surface area contributed by atoms with E-state index in [-0.39, 0.29) is 12.2 Å². The molecule has 1 N–H and O–H groups in total. The zero-order chi connectivity index (χ0) is 23.3. The molecule has 3 aromatic carbocycles. The van der Waals surface area contributed by atoms with Crippen LogP contribution in [-0.2, 0) is 6.61 Å². The Kier molecular flexibility index (Phi) is 7.66. The standard InChI is InChI=1S/C24H16Cl3NO4/c1-31-22-10-14(8-18(12-28)15-2-4-16(5-3-15)24(29)30)9-21(27)23(22)32-13-17-6-7-19(25)11-20(17)26/h2-11H,13H2,1H3,(H,29,30)/b18-8-. The van der Waals surface area contributed by atoms with E-state index in [4.69, 9.17) is 49.4 Å². The van der Waals surface area contributed by atoms with Crippen LogP contribution in [0.2, 0.25) is 15.1 Å². The van der Waals surface area contributed by atoms with Gasteiger partial charge >= 0.3 is 5.97 Å². The highest BCUT2D eigenvalue weighted by Crippen LogP contribution is 2.38. The smallest absolute Gasteiger partial charge is 0.335 e. The van der Waals surface area contributed by atoms with Crippen LogP contribution in [0.4, 0.5) is 0 Å². The van der Waals surface area contributed by atoms with Crippen molar-refractivity contribution in [1.82, 2.24) is 0 Å². The topological polar surface area (TPSA) is 79.5 Å². The molecule has 0 saturated carbocycles. The number of nitriles is 1. The molecule has 162 valence electrons. The van der Waals surface area contributed by atoms with Crippen LogP contribution in [0.25, 0.3) is 11.6 Å². The van der Waals surface area contributed by atoms with Crippen LogP contribution < -0.4 is 9.47 Å². The van der Waals surface area contributed by atoms with Crippen molar-refractivity contribution in [2.24, 2.45) is 0 Å². The number of rotatable bonds is 7. The molecule has 8 heteroatoms. The molecule has 0 aliphatic rings. The minimum atomic E-state index is -1.04. The van der Waals surface area contributed by atoms with Crippen molar-refractivity contribution >= 4 is 52.4 Å². The summed E-state index contributed by atoms with van der Waals surface area (Å²) in [5, 5.41) is 19.9. The van der Waals surface area contributed by atoms with Gasteiger partial charge < -0.3 is 14.6 Å². The molecule has 0 unspecified atom stereocenters. The number of aromatic carboxylic acids is 1. The molecule has 0 aromatic heterocycles. The van der Waals surface area contributed by atoms with Gasteiger partial charge in [0, 0.05) is 15.6 Å². The number of ether oxygens (including phenoxy) is 2. The monoisotopic (exact) mass is 487 g/mol. The number of halogens is 3. The maximum Gasteiger partial charge on any atom is 0.335 e. The van der Waals surface area contributed by atoms with E-state index < -0.39 is 5.97 Å². The molecule has 0 atom stereocenters. The van der Waals surface area contributed by atoms with Gasteiger partial charge in [0.1, 0.15) is 6.61 Å². The zero-order valence-electron chi connectivity index (χ0n) is 16.7. The van der Waals surface area contributed by atoms with E-state index >= 15 is 0 Å². The Hall–Kier alpha value is -3.17. The summed E-state index contributed by atoms with van der Waals surface area (Å²) in [6, 6.07) is 16.6. The summed E-state index contributed by atoms with van der Waals surface area (Å²) in [6.07, 6.45) is 1.63. The fourth-order valence-electron chi connectivity index (χ4n) is 2.89. The Balaban J connectivity index is 1.89. The van der Waals surface area contributed by atoms with E-state index in [0.29, 0.717) is 43.3 Å². The predicted octanol–water partition coefficient (Wildman–Crippen LogP) is 7.00. The lowest BCUT2D eigenvalue weighted by Crippen LogP contribution is -2.00. The SMILES string of the molecule is COc1cc(/C=C(/C#N)c2ccc(C(=O)O)cc2)cc(Cl)c1OCc1ccc(Cl)cc1Cl. The number of nitrogens with zero attached hydrogens (tertiary/aromatic N) is 1. The van der Waals surface area contributed by atoms with Gasteiger partial charge in [-0.05, 0) is 53.6 Å². The third-order valence-corrected chi connectivity index (χ3v) is 5.38. The molecule has 5 nitrogen and oxygen atoms in total. The van der Waals surface area contributed by atoms with E-state index in [1.165, 1.54) is 19.2 Å². The maximum atomic E-state index is 11.0. The number of hydrogen-bond acceptors (Lipinski definition) is 4. The van der Waals surface area contributed by atoms with E-state index in [0.717, 1.165) is 5.56 Å². The number of allylic oxidation sites excluding steroid dienone is 1. The Morgan fingerprint density at radius 2 is 1.72 bits per heavy atom. The quantitative estimate of drug-likeness (QED) is 0.286. The van der Waals surface area contributed by atoms with Crippen molar-refractivity contribution in [2.45, 2.75) is 6.61 Å². The lowest BCUT2D eigenvalue weighted by Gasteiger charge is -2.14. The summed E-state index contributed by atoms with van der Waals surface area (Å²) in [6.45, 7) is 0.153. The summed E-state index contributed by atoms with van der Waals surface area (Å²) in [4.78, 5) is 11.0. The first kappa shape index (κ1) is 23.5. The first-order chi connectivity index (χ1) is 15.3. The van der Waals surface area contributed by atoms with E-state index in [2.05, 4.69) is 6.07 Å². The van der Waals surface area contributed by atoms with Gasteiger partial charge in [0.05, 0.1) is 29.3 Å². The van der Waals surface area contributed by atoms with Crippen LogP contribution >= 0.6 is 34.8 Å². The lowest BCUT2D eigenvalue weighted by molar-refractivity contribution is 0.0697. The van der Waals surface area contributed by atoms with Crippen LogP contribution in [-0.4, -0.2) is 18.2 Å². The van der Waals surface area contributed by atoms with E-state index in [9.17, 15) is 10.1 Å². The average molecular weight is 489 g/mol. The highest BCUT2D eigenvalue weighted by Gasteiger charge is 2.14. The molecule has 3 rings (SSSR count). The van der Waals surface area contributed by atoms with Gasteiger partial charge in [-0.3, -0.25) is 0 Å². The average Bonchev–Trinajstić information content (AvgIpc) is 2.77. The first-order valence-corrected chi connectivity index (χ1v) is 10.4. The van der Waals surface area contributed by atoms with Gasteiger partial charge in [-0.15, -0.1) is 0 Å². The molecule has 0 heterocycles. The minimum Gasteiger partial charge on any atom is -0.493 e. The molecule has 0 fully saturated rings. The van der Waals surface area contributed by atoms with Gasteiger partial charge in [-0.1, -0.05) is 53.0 Å². The summed E-state index contributed by atoms with van der Waals surface area (Å²) in [5.74, 6) is -0.319. The van der Waals surface area contributed by atoms with Crippen molar-refractivity contribution in [1.29, 1.82) is 5.26 Å². The third-order valence-electron chi connectivity index (χ3n) is 4.51. The highest BCUT2D eigenvalue weighted by atomic mass is 35.5. The van der Waals surface area contributed by atoms with Crippen molar-refractivity contribution in [2.75, 3.05) is 7.11 Å². The first-order valence-electron chi connectivity index (χ1n) is 9.22. The van der Waals surface area contributed by atoms with Crippen LogP contribution in [0.5, 0.6) is 11.5 Å². The molecule has 3 aromatic rings. The number of carboxylic acids is 1.